The van der Waals surface area contributed by atoms with Gasteiger partial charge in [-0.3, -0.25) is 0 Å². The number of nitrogens with zero attached hydrogens (tertiary/aromatic N) is 1. The molecule has 0 saturated heterocycles. The van der Waals surface area contributed by atoms with E-state index in [0.29, 0.717) is 12.4 Å². The lowest BCUT2D eigenvalue weighted by molar-refractivity contribution is 0.0684. The molecule has 3 rings (SSSR count). The van der Waals surface area contributed by atoms with Gasteiger partial charge in [0.05, 0.1) is 12.1 Å². The highest BCUT2D eigenvalue weighted by molar-refractivity contribution is 6.02. The number of fused-ring (bicyclic) bond motifs is 1. The van der Waals surface area contributed by atoms with Crippen molar-refractivity contribution in [1.82, 2.24) is 4.57 Å². The lowest BCUT2D eigenvalue weighted by Crippen LogP contribution is -2.08. The summed E-state index contributed by atoms with van der Waals surface area (Å²) in [7, 11) is 0. The Hall–Kier alpha value is -2.75. The molecule has 1 aromatic heterocycles. The number of rotatable bonds is 4. The highest BCUT2D eigenvalue weighted by Crippen LogP contribution is 2.35. The van der Waals surface area contributed by atoms with E-state index in [1.807, 2.05) is 61.5 Å². The Bertz CT molecular complexity index is 790. The number of hydrogen-bond acceptors (Lipinski definition) is 2. The summed E-state index contributed by atoms with van der Waals surface area (Å²) >= 11 is 0. The average molecular weight is 281 g/mol. The Morgan fingerprint density at radius 1 is 1.10 bits per heavy atom. The van der Waals surface area contributed by atoms with E-state index in [0.717, 1.165) is 16.6 Å². The molecule has 4 nitrogen and oxygen atoms in total. The molecular weight excluding hydrogens is 266 g/mol. The quantitative estimate of drug-likeness (QED) is 0.792. The van der Waals surface area contributed by atoms with Crippen molar-refractivity contribution in [1.29, 1.82) is 0 Å². The molecule has 1 N–H and O–H groups in total. The lowest BCUT2D eigenvalue weighted by Gasteiger charge is -2.08. The van der Waals surface area contributed by atoms with Crippen molar-refractivity contribution in [2.75, 3.05) is 6.61 Å². The molecule has 0 atom stereocenters. The van der Waals surface area contributed by atoms with Gasteiger partial charge in [-0.05, 0) is 31.2 Å². The first-order valence-corrected chi connectivity index (χ1v) is 6.79. The summed E-state index contributed by atoms with van der Waals surface area (Å²) in [6, 6.07) is 17.0. The van der Waals surface area contributed by atoms with Crippen LogP contribution in [-0.4, -0.2) is 22.2 Å². The van der Waals surface area contributed by atoms with Crippen molar-refractivity contribution in [3.63, 3.8) is 0 Å². The van der Waals surface area contributed by atoms with Crippen LogP contribution in [0.4, 0.5) is 0 Å². The molecule has 21 heavy (non-hydrogen) atoms. The number of hydrogen-bond donors (Lipinski definition) is 1. The Balaban J connectivity index is 2.42. The van der Waals surface area contributed by atoms with Crippen LogP contribution in [0.3, 0.4) is 0 Å². The molecule has 4 heteroatoms. The fraction of sp³-hybridized carbons (Fsp3) is 0.118. The number of carboxylic acids is 1. The molecule has 0 spiro atoms. The molecule has 0 bridgehead atoms. The molecule has 106 valence electrons. The maximum Gasteiger partial charge on any atom is 0.356 e. The third kappa shape index (κ3) is 2.14. The zero-order chi connectivity index (χ0) is 14.8. The van der Waals surface area contributed by atoms with Crippen LogP contribution in [0.2, 0.25) is 0 Å². The molecule has 0 aliphatic heterocycles. The van der Waals surface area contributed by atoms with Gasteiger partial charge in [0.2, 0.25) is 0 Å². The number of carboxylic acid groups (broad SMARTS) is 1. The van der Waals surface area contributed by atoms with Gasteiger partial charge in [-0.25, -0.2) is 4.79 Å². The Kier molecular flexibility index (Phi) is 3.36. The van der Waals surface area contributed by atoms with Gasteiger partial charge in [0.15, 0.2) is 11.4 Å². The largest absolute Gasteiger partial charge is 0.491 e. The van der Waals surface area contributed by atoms with Gasteiger partial charge in [-0.15, -0.1) is 0 Å². The summed E-state index contributed by atoms with van der Waals surface area (Å²) in [6.45, 7) is 2.27. The van der Waals surface area contributed by atoms with E-state index in [-0.39, 0.29) is 5.69 Å². The smallest absolute Gasteiger partial charge is 0.356 e. The second kappa shape index (κ2) is 5.32. The van der Waals surface area contributed by atoms with E-state index in [1.54, 1.807) is 4.57 Å². The molecule has 0 amide bonds. The average Bonchev–Trinajstić information content (AvgIpc) is 2.84. The first-order valence-electron chi connectivity index (χ1n) is 6.79. The number of aromatic nitrogens is 1. The highest BCUT2D eigenvalue weighted by atomic mass is 16.5. The maximum atomic E-state index is 11.8. The predicted molar refractivity (Wildman–Crippen MR) is 81.4 cm³/mol. The fourth-order valence-corrected chi connectivity index (χ4v) is 2.54. The Labute approximate surface area is 122 Å². The van der Waals surface area contributed by atoms with Crippen LogP contribution in [0.25, 0.3) is 16.6 Å². The van der Waals surface area contributed by atoms with Crippen LogP contribution >= 0.6 is 0 Å². The molecule has 0 aliphatic carbocycles. The molecule has 2 aromatic carbocycles. The van der Waals surface area contributed by atoms with E-state index < -0.39 is 5.97 Å². The van der Waals surface area contributed by atoms with E-state index >= 15 is 0 Å². The minimum absolute atomic E-state index is 0.157. The van der Waals surface area contributed by atoms with Gasteiger partial charge in [-0.1, -0.05) is 30.3 Å². The van der Waals surface area contributed by atoms with Crippen molar-refractivity contribution < 1.29 is 14.6 Å². The first kappa shape index (κ1) is 13.2. The first-order chi connectivity index (χ1) is 10.2. The summed E-state index contributed by atoms with van der Waals surface area (Å²) in [5.41, 5.74) is 1.78. The standard InChI is InChI=1S/C17H15NO3/c1-2-21-16-13-10-6-7-11-14(13)18(15(16)17(19)20)12-8-4-3-5-9-12/h3-11H,2H2,1H3,(H,19,20). The van der Waals surface area contributed by atoms with Gasteiger partial charge in [0.1, 0.15) is 0 Å². The van der Waals surface area contributed by atoms with Gasteiger partial charge in [-0.2, -0.15) is 0 Å². The molecule has 0 radical (unpaired) electrons. The molecule has 1 heterocycles. The van der Waals surface area contributed by atoms with E-state index in [2.05, 4.69) is 0 Å². The third-order valence-corrected chi connectivity index (χ3v) is 3.33. The second-order valence-electron chi connectivity index (χ2n) is 4.60. The summed E-state index contributed by atoms with van der Waals surface area (Å²) < 4.78 is 7.34. The molecule has 0 unspecified atom stereocenters. The normalized spacial score (nSPS) is 10.7. The Morgan fingerprint density at radius 3 is 2.43 bits per heavy atom. The monoisotopic (exact) mass is 281 g/mol. The summed E-state index contributed by atoms with van der Waals surface area (Å²) in [4.78, 5) is 11.8. The van der Waals surface area contributed by atoms with E-state index in [9.17, 15) is 9.90 Å². The lowest BCUT2D eigenvalue weighted by atomic mass is 10.2. The summed E-state index contributed by atoms with van der Waals surface area (Å²) in [5.74, 6) is -0.581. The fourth-order valence-electron chi connectivity index (χ4n) is 2.54. The van der Waals surface area contributed by atoms with Crippen LogP contribution < -0.4 is 4.74 Å². The van der Waals surface area contributed by atoms with Crippen molar-refractivity contribution in [3.05, 3.63) is 60.3 Å². The molecular formula is C17H15NO3. The van der Waals surface area contributed by atoms with Crippen LogP contribution in [0, 0.1) is 0 Å². The molecule has 0 fully saturated rings. The molecule has 0 saturated carbocycles. The maximum absolute atomic E-state index is 11.8. The van der Waals surface area contributed by atoms with Crippen LogP contribution in [0.1, 0.15) is 17.4 Å². The predicted octanol–water partition coefficient (Wildman–Crippen LogP) is 3.73. The van der Waals surface area contributed by atoms with Crippen molar-refractivity contribution in [3.8, 4) is 11.4 Å². The third-order valence-electron chi connectivity index (χ3n) is 3.33. The van der Waals surface area contributed by atoms with Gasteiger partial charge >= 0.3 is 5.97 Å². The number of ether oxygens (including phenoxy) is 1. The summed E-state index contributed by atoms with van der Waals surface area (Å²) in [5, 5.41) is 10.4. The minimum Gasteiger partial charge on any atom is -0.491 e. The number of para-hydroxylation sites is 2. The van der Waals surface area contributed by atoms with Crippen molar-refractivity contribution in [2.45, 2.75) is 6.92 Å². The Morgan fingerprint density at radius 2 is 1.76 bits per heavy atom. The van der Waals surface area contributed by atoms with Gasteiger partial charge < -0.3 is 14.4 Å². The van der Waals surface area contributed by atoms with Crippen LogP contribution in [0.15, 0.2) is 54.6 Å². The highest BCUT2D eigenvalue weighted by Gasteiger charge is 2.24. The molecule has 3 aromatic rings. The SMILES string of the molecule is CCOc1c(C(=O)O)n(-c2ccccc2)c2ccccc12. The number of aromatic carboxylic acids is 1. The van der Waals surface area contributed by atoms with Crippen molar-refractivity contribution in [2.24, 2.45) is 0 Å². The van der Waals surface area contributed by atoms with E-state index in [4.69, 9.17) is 4.74 Å². The summed E-state index contributed by atoms with van der Waals surface area (Å²) in [6.07, 6.45) is 0. The second-order valence-corrected chi connectivity index (χ2v) is 4.60. The zero-order valence-corrected chi connectivity index (χ0v) is 11.6. The minimum atomic E-state index is -1.00. The van der Waals surface area contributed by atoms with Crippen LogP contribution in [0.5, 0.6) is 5.75 Å². The van der Waals surface area contributed by atoms with Gasteiger partial charge in [0, 0.05) is 11.1 Å². The van der Waals surface area contributed by atoms with E-state index in [1.165, 1.54) is 0 Å². The number of benzene rings is 2. The topological polar surface area (TPSA) is 51.5 Å². The van der Waals surface area contributed by atoms with Crippen LogP contribution in [-0.2, 0) is 0 Å². The zero-order valence-electron chi connectivity index (χ0n) is 11.6. The molecule has 0 aliphatic rings. The van der Waals surface area contributed by atoms with Gasteiger partial charge in [0.25, 0.3) is 0 Å². The number of carbonyl (C=O) groups is 1. The van der Waals surface area contributed by atoms with Crippen molar-refractivity contribution >= 4 is 16.9 Å².